The molecule has 17 heavy (non-hydrogen) atoms. The molecule has 0 atom stereocenters. The molecule has 1 aromatic rings. The van der Waals surface area contributed by atoms with Crippen LogP contribution < -0.4 is 5.73 Å². The third-order valence-corrected chi connectivity index (χ3v) is 3.12. The van der Waals surface area contributed by atoms with E-state index in [0.29, 0.717) is 24.6 Å². The van der Waals surface area contributed by atoms with E-state index >= 15 is 0 Å². The van der Waals surface area contributed by atoms with Gasteiger partial charge in [0, 0.05) is 39.5 Å². The fourth-order valence-corrected chi connectivity index (χ4v) is 2.08. The second-order valence-corrected chi connectivity index (χ2v) is 4.37. The van der Waals surface area contributed by atoms with E-state index in [0.717, 1.165) is 12.8 Å². The Bertz CT molecular complexity index is 410. The summed E-state index contributed by atoms with van der Waals surface area (Å²) >= 11 is 0. The second-order valence-electron chi connectivity index (χ2n) is 4.37. The lowest BCUT2D eigenvalue weighted by Crippen LogP contribution is -2.41. The molecule has 6 nitrogen and oxygen atoms in total. The van der Waals surface area contributed by atoms with Gasteiger partial charge in [0.15, 0.2) is 5.69 Å². The van der Waals surface area contributed by atoms with Crippen molar-refractivity contribution in [2.24, 2.45) is 7.05 Å². The summed E-state index contributed by atoms with van der Waals surface area (Å²) in [4.78, 5) is 13.9. The average Bonchev–Trinajstić information content (AvgIpc) is 2.68. The molecule has 0 aromatic carbocycles. The van der Waals surface area contributed by atoms with Crippen LogP contribution >= 0.6 is 0 Å². The number of aromatic nitrogens is 2. The van der Waals surface area contributed by atoms with Gasteiger partial charge in [-0.3, -0.25) is 9.48 Å². The number of ether oxygens (including phenoxy) is 1. The highest BCUT2D eigenvalue weighted by Gasteiger charge is 2.26. The van der Waals surface area contributed by atoms with Crippen molar-refractivity contribution < 1.29 is 9.53 Å². The topological polar surface area (TPSA) is 73.4 Å². The fraction of sp³-hybridized carbons (Fsp3) is 0.636. The minimum absolute atomic E-state index is 0.116. The first-order valence-electron chi connectivity index (χ1n) is 5.73. The number of hydrogen-bond donors (Lipinski definition) is 1. The second kappa shape index (κ2) is 4.75. The van der Waals surface area contributed by atoms with Gasteiger partial charge in [0.2, 0.25) is 0 Å². The zero-order valence-electron chi connectivity index (χ0n) is 10.2. The van der Waals surface area contributed by atoms with Gasteiger partial charge in [-0.15, -0.1) is 0 Å². The first-order chi connectivity index (χ1) is 8.09. The zero-order valence-corrected chi connectivity index (χ0v) is 10.2. The zero-order chi connectivity index (χ0) is 12.4. The standard InChI is InChI=1S/C11H18N4O2/c1-14-7-9(12)10(13-14)11(16)15(2)8-3-5-17-6-4-8/h7-8H,3-6,12H2,1-2H3. The van der Waals surface area contributed by atoms with Crippen LogP contribution in [0, 0.1) is 0 Å². The van der Waals surface area contributed by atoms with Crippen molar-refractivity contribution in [1.29, 1.82) is 0 Å². The Morgan fingerprint density at radius 2 is 2.24 bits per heavy atom. The number of amides is 1. The molecule has 0 spiro atoms. The normalized spacial score (nSPS) is 17.1. The molecule has 0 bridgehead atoms. The summed E-state index contributed by atoms with van der Waals surface area (Å²) < 4.78 is 6.84. The SMILES string of the molecule is CN(C(=O)c1nn(C)cc1N)C1CCOCC1. The van der Waals surface area contributed by atoms with E-state index in [1.165, 1.54) is 0 Å². The fourth-order valence-electron chi connectivity index (χ4n) is 2.08. The lowest BCUT2D eigenvalue weighted by atomic mass is 10.1. The van der Waals surface area contributed by atoms with Crippen LogP contribution in [0.15, 0.2) is 6.20 Å². The van der Waals surface area contributed by atoms with Crippen LogP contribution in [0.25, 0.3) is 0 Å². The van der Waals surface area contributed by atoms with Crippen LogP contribution in [0.3, 0.4) is 0 Å². The quantitative estimate of drug-likeness (QED) is 0.801. The highest BCUT2D eigenvalue weighted by molar-refractivity contribution is 5.97. The Balaban J connectivity index is 2.11. The molecule has 1 fully saturated rings. The predicted octanol–water partition coefficient (Wildman–Crippen LogP) is 0.253. The summed E-state index contributed by atoms with van der Waals surface area (Å²) in [6.45, 7) is 1.42. The third-order valence-electron chi connectivity index (χ3n) is 3.12. The minimum atomic E-state index is -0.116. The Morgan fingerprint density at radius 3 is 2.76 bits per heavy atom. The summed E-state index contributed by atoms with van der Waals surface area (Å²) in [5, 5.41) is 4.10. The molecule has 1 saturated heterocycles. The maximum Gasteiger partial charge on any atom is 0.276 e. The van der Waals surface area contributed by atoms with Crippen molar-refractivity contribution in [1.82, 2.24) is 14.7 Å². The number of nitrogens with zero attached hydrogens (tertiary/aromatic N) is 3. The first-order valence-corrected chi connectivity index (χ1v) is 5.73. The molecular weight excluding hydrogens is 220 g/mol. The summed E-state index contributed by atoms with van der Waals surface area (Å²) in [7, 11) is 3.55. The predicted molar refractivity (Wildman–Crippen MR) is 63.6 cm³/mol. The summed E-state index contributed by atoms with van der Waals surface area (Å²) in [5.74, 6) is -0.116. The number of carbonyl (C=O) groups is 1. The summed E-state index contributed by atoms with van der Waals surface area (Å²) in [5.41, 5.74) is 6.52. The molecule has 0 radical (unpaired) electrons. The number of aryl methyl sites for hydroxylation is 1. The number of rotatable bonds is 2. The molecule has 0 saturated carbocycles. The van der Waals surface area contributed by atoms with Gasteiger partial charge >= 0.3 is 0 Å². The van der Waals surface area contributed by atoms with Crippen molar-refractivity contribution in [3.63, 3.8) is 0 Å². The highest BCUT2D eigenvalue weighted by atomic mass is 16.5. The molecular formula is C11H18N4O2. The number of carbonyl (C=O) groups excluding carboxylic acids is 1. The molecule has 2 rings (SSSR count). The van der Waals surface area contributed by atoms with Crippen molar-refractivity contribution in [3.8, 4) is 0 Å². The van der Waals surface area contributed by atoms with Gasteiger partial charge in [0.05, 0.1) is 5.69 Å². The van der Waals surface area contributed by atoms with Crippen LogP contribution in [0.5, 0.6) is 0 Å². The van der Waals surface area contributed by atoms with Crippen LogP contribution in [-0.4, -0.2) is 46.9 Å². The molecule has 1 aliphatic heterocycles. The summed E-state index contributed by atoms with van der Waals surface area (Å²) in [6.07, 6.45) is 3.38. The van der Waals surface area contributed by atoms with E-state index in [1.54, 1.807) is 29.9 Å². The monoisotopic (exact) mass is 238 g/mol. The molecule has 94 valence electrons. The highest BCUT2D eigenvalue weighted by Crippen LogP contribution is 2.17. The van der Waals surface area contributed by atoms with Crippen LogP contribution in [0.4, 0.5) is 5.69 Å². The van der Waals surface area contributed by atoms with Gasteiger partial charge in [0.25, 0.3) is 5.91 Å². The Kier molecular flexibility index (Phi) is 3.33. The van der Waals surface area contributed by atoms with E-state index in [4.69, 9.17) is 10.5 Å². The molecule has 6 heteroatoms. The van der Waals surface area contributed by atoms with Crippen LogP contribution in [0.1, 0.15) is 23.3 Å². The van der Waals surface area contributed by atoms with Crippen molar-refractivity contribution >= 4 is 11.6 Å². The Hall–Kier alpha value is -1.56. The van der Waals surface area contributed by atoms with E-state index in [9.17, 15) is 4.79 Å². The number of nitrogens with two attached hydrogens (primary N) is 1. The largest absolute Gasteiger partial charge is 0.396 e. The van der Waals surface area contributed by atoms with Gasteiger partial charge in [-0.2, -0.15) is 5.10 Å². The minimum Gasteiger partial charge on any atom is -0.396 e. The molecule has 0 unspecified atom stereocenters. The van der Waals surface area contributed by atoms with Gasteiger partial charge in [0.1, 0.15) is 0 Å². The van der Waals surface area contributed by atoms with Gasteiger partial charge in [-0.1, -0.05) is 0 Å². The van der Waals surface area contributed by atoms with E-state index < -0.39 is 0 Å². The Labute approximate surface area is 100 Å². The molecule has 1 amide bonds. The van der Waals surface area contributed by atoms with E-state index in [2.05, 4.69) is 5.10 Å². The maximum absolute atomic E-state index is 12.2. The van der Waals surface area contributed by atoms with Gasteiger partial charge in [-0.25, -0.2) is 0 Å². The van der Waals surface area contributed by atoms with Crippen molar-refractivity contribution in [2.45, 2.75) is 18.9 Å². The molecule has 1 aliphatic rings. The lowest BCUT2D eigenvalue weighted by Gasteiger charge is -2.30. The lowest BCUT2D eigenvalue weighted by molar-refractivity contribution is 0.0359. The molecule has 2 heterocycles. The first kappa shape index (κ1) is 11.9. The van der Waals surface area contributed by atoms with E-state index in [1.807, 2.05) is 0 Å². The van der Waals surface area contributed by atoms with Crippen LogP contribution in [-0.2, 0) is 11.8 Å². The maximum atomic E-state index is 12.2. The van der Waals surface area contributed by atoms with Crippen LogP contribution in [0.2, 0.25) is 0 Å². The van der Waals surface area contributed by atoms with Crippen molar-refractivity contribution in [3.05, 3.63) is 11.9 Å². The third kappa shape index (κ3) is 2.41. The smallest absolute Gasteiger partial charge is 0.276 e. The Morgan fingerprint density at radius 1 is 1.59 bits per heavy atom. The van der Waals surface area contributed by atoms with E-state index in [-0.39, 0.29) is 11.9 Å². The molecule has 0 aliphatic carbocycles. The van der Waals surface area contributed by atoms with Gasteiger partial charge in [-0.05, 0) is 12.8 Å². The average molecular weight is 238 g/mol. The number of nitrogen functional groups attached to an aromatic ring is 1. The van der Waals surface area contributed by atoms with Gasteiger partial charge < -0.3 is 15.4 Å². The summed E-state index contributed by atoms with van der Waals surface area (Å²) in [6, 6.07) is 0.220. The molecule has 2 N–H and O–H groups in total. The molecule has 1 aromatic heterocycles. The van der Waals surface area contributed by atoms with Crippen molar-refractivity contribution in [2.75, 3.05) is 26.0 Å². The number of anilines is 1. The number of hydrogen-bond acceptors (Lipinski definition) is 4.